The van der Waals surface area contributed by atoms with E-state index >= 15 is 0 Å². The van der Waals surface area contributed by atoms with Crippen molar-refractivity contribution in [3.05, 3.63) is 63.2 Å². The molecule has 2 aromatic rings. The van der Waals surface area contributed by atoms with E-state index in [4.69, 9.17) is 0 Å². The third-order valence-corrected chi connectivity index (χ3v) is 2.88. The van der Waals surface area contributed by atoms with E-state index in [2.05, 4.69) is 10.3 Å². The lowest BCUT2D eigenvalue weighted by Crippen LogP contribution is -2.14. The molecule has 0 unspecified atom stereocenters. The molecule has 0 aliphatic rings. The van der Waals surface area contributed by atoms with Gasteiger partial charge in [-0.15, -0.1) is 0 Å². The fourth-order valence-electron chi connectivity index (χ4n) is 1.81. The highest BCUT2D eigenvalue weighted by Gasteiger charge is 2.18. The Kier molecular flexibility index (Phi) is 3.93. The predicted molar refractivity (Wildman–Crippen MR) is 74.7 cm³/mol. The van der Waals surface area contributed by atoms with Crippen LogP contribution in [0.5, 0.6) is 0 Å². The molecule has 6 nitrogen and oxygen atoms in total. The monoisotopic (exact) mass is 289 g/mol. The number of nitro groups is 1. The number of anilines is 1. The van der Waals surface area contributed by atoms with Gasteiger partial charge in [0.25, 0.3) is 5.91 Å². The van der Waals surface area contributed by atoms with Gasteiger partial charge in [-0.2, -0.15) is 4.39 Å². The van der Waals surface area contributed by atoms with E-state index in [1.165, 1.54) is 6.07 Å². The molecule has 0 spiro atoms. The Balaban J connectivity index is 2.28. The summed E-state index contributed by atoms with van der Waals surface area (Å²) in [7, 11) is 0. The van der Waals surface area contributed by atoms with Gasteiger partial charge in [-0.1, -0.05) is 0 Å². The van der Waals surface area contributed by atoms with Crippen molar-refractivity contribution in [3.8, 4) is 0 Å². The minimum atomic E-state index is -0.982. The van der Waals surface area contributed by atoms with Crippen LogP contribution in [0.15, 0.2) is 30.3 Å². The number of carbonyl (C=O) groups excluding carboxylic acids is 1. The van der Waals surface area contributed by atoms with Gasteiger partial charge in [0.1, 0.15) is 0 Å². The highest BCUT2D eigenvalue weighted by molar-refractivity contribution is 6.04. The van der Waals surface area contributed by atoms with Crippen LogP contribution in [0.2, 0.25) is 0 Å². The average Bonchev–Trinajstić information content (AvgIpc) is 2.42. The number of benzene rings is 1. The Morgan fingerprint density at radius 1 is 1.29 bits per heavy atom. The molecule has 0 saturated heterocycles. The van der Waals surface area contributed by atoms with Crippen molar-refractivity contribution >= 4 is 17.3 Å². The SMILES string of the molecule is Cc1ccc(NC(=O)c2ccc(F)c([N+](=O)[O-])c2)c(C)n1. The number of nitro benzene ring substituents is 1. The molecule has 0 aliphatic heterocycles. The summed E-state index contributed by atoms with van der Waals surface area (Å²) in [5, 5.41) is 13.3. The van der Waals surface area contributed by atoms with Crippen LogP contribution in [0.25, 0.3) is 0 Å². The van der Waals surface area contributed by atoms with Gasteiger partial charge in [0.15, 0.2) is 0 Å². The predicted octanol–water partition coefficient (Wildman–Crippen LogP) is 3.00. The second kappa shape index (κ2) is 5.66. The Labute approximate surface area is 119 Å². The molecule has 0 atom stereocenters. The van der Waals surface area contributed by atoms with E-state index in [1.54, 1.807) is 19.1 Å². The molecule has 1 aromatic carbocycles. The minimum Gasteiger partial charge on any atom is -0.320 e. The maximum atomic E-state index is 13.2. The van der Waals surface area contributed by atoms with Crippen LogP contribution < -0.4 is 5.32 Å². The molecule has 1 amide bonds. The van der Waals surface area contributed by atoms with Gasteiger partial charge in [0.05, 0.1) is 16.3 Å². The first kappa shape index (κ1) is 14.6. The molecule has 108 valence electrons. The number of aryl methyl sites for hydroxylation is 2. The Hall–Kier alpha value is -2.83. The summed E-state index contributed by atoms with van der Waals surface area (Å²) in [5.41, 5.74) is 1.20. The van der Waals surface area contributed by atoms with E-state index in [1.807, 2.05) is 6.92 Å². The molecule has 0 saturated carbocycles. The molecule has 0 radical (unpaired) electrons. The summed E-state index contributed by atoms with van der Waals surface area (Å²) in [6.45, 7) is 3.55. The summed E-state index contributed by atoms with van der Waals surface area (Å²) in [6, 6.07) is 6.41. The summed E-state index contributed by atoms with van der Waals surface area (Å²) in [6.07, 6.45) is 0. The number of nitrogens with zero attached hydrogens (tertiary/aromatic N) is 2. The van der Waals surface area contributed by atoms with Crippen molar-refractivity contribution in [2.24, 2.45) is 0 Å². The van der Waals surface area contributed by atoms with E-state index < -0.39 is 22.3 Å². The molecule has 1 aromatic heterocycles. The molecular formula is C14H12FN3O3. The third kappa shape index (κ3) is 3.19. The highest BCUT2D eigenvalue weighted by Crippen LogP contribution is 2.20. The van der Waals surface area contributed by atoms with E-state index in [9.17, 15) is 19.3 Å². The second-order valence-corrected chi connectivity index (χ2v) is 4.46. The van der Waals surface area contributed by atoms with Crippen LogP contribution in [-0.4, -0.2) is 15.8 Å². The lowest BCUT2D eigenvalue weighted by molar-refractivity contribution is -0.387. The number of hydrogen-bond acceptors (Lipinski definition) is 4. The van der Waals surface area contributed by atoms with Gasteiger partial charge in [-0.3, -0.25) is 19.9 Å². The fourth-order valence-corrected chi connectivity index (χ4v) is 1.81. The van der Waals surface area contributed by atoms with E-state index in [0.29, 0.717) is 11.4 Å². The summed E-state index contributed by atoms with van der Waals surface area (Å²) < 4.78 is 13.2. The van der Waals surface area contributed by atoms with Crippen LogP contribution >= 0.6 is 0 Å². The van der Waals surface area contributed by atoms with Crippen molar-refractivity contribution in [2.45, 2.75) is 13.8 Å². The molecule has 7 heteroatoms. The average molecular weight is 289 g/mol. The lowest BCUT2D eigenvalue weighted by Gasteiger charge is -2.08. The van der Waals surface area contributed by atoms with Gasteiger partial charge in [-0.25, -0.2) is 0 Å². The minimum absolute atomic E-state index is 0.00285. The van der Waals surface area contributed by atoms with Crippen molar-refractivity contribution in [1.29, 1.82) is 0 Å². The normalized spacial score (nSPS) is 10.2. The highest BCUT2D eigenvalue weighted by atomic mass is 19.1. The first-order valence-electron chi connectivity index (χ1n) is 6.08. The van der Waals surface area contributed by atoms with Crippen LogP contribution in [0, 0.1) is 29.8 Å². The molecule has 0 aliphatic carbocycles. The molecule has 2 rings (SSSR count). The number of hydrogen-bond donors (Lipinski definition) is 1. The van der Waals surface area contributed by atoms with Crippen molar-refractivity contribution in [3.63, 3.8) is 0 Å². The van der Waals surface area contributed by atoms with Crippen molar-refractivity contribution in [1.82, 2.24) is 4.98 Å². The molecule has 1 N–H and O–H groups in total. The zero-order valence-corrected chi connectivity index (χ0v) is 11.4. The van der Waals surface area contributed by atoms with E-state index in [-0.39, 0.29) is 5.56 Å². The standard InChI is InChI=1S/C14H12FN3O3/c1-8-3-6-12(9(2)16-8)17-14(19)10-4-5-11(15)13(7-10)18(20)21/h3-7H,1-2H3,(H,17,19). The van der Waals surface area contributed by atoms with Crippen LogP contribution in [-0.2, 0) is 0 Å². The topological polar surface area (TPSA) is 85.1 Å². The van der Waals surface area contributed by atoms with Gasteiger partial charge >= 0.3 is 5.69 Å². The zero-order chi connectivity index (χ0) is 15.6. The molecular weight excluding hydrogens is 277 g/mol. The summed E-state index contributed by atoms with van der Waals surface area (Å²) in [5.74, 6) is -1.54. The lowest BCUT2D eigenvalue weighted by atomic mass is 10.1. The number of halogens is 1. The smallest absolute Gasteiger partial charge is 0.305 e. The van der Waals surface area contributed by atoms with Crippen LogP contribution in [0.1, 0.15) is 21.7 Å². The maximum absolute atomic E-state index is 13.2. The number of pyridine rings is 1. The fraction of sp³-hybridized carbons (Fsp3) is 0.143. The first-order valence-corrected chi connectivity index (χ1v) is 6.08. The first-order chi connectivity index (χ1) is 9.88. The molecule has 0 fully saturated rings. The molecule has 21 heavy (non-hydrogen) atoms. The Bertz CT molecular complexity index is 731. The third-order valence-electron chi connectivity index (χ3n) is 2.88. The van der Waals surface area contributed by atoms with Crippen molar-refractivity contribution < 1.29 is 14.1 Å². The summed E-state index contributed by atoms with van der Waals surface area (Å²) in [4.78, 5) is 26.1. The number of nitrogens with one attached hydrogen (secondary N) is 1. The summed E-state index contributed by atoms with van der Waals surface area (Å²) >= 11 is 0. The number of carbonyl (C=O) groups is 1. The van der Waals surface area contributed by atoms with Crippen LogP contribution in [0.4, 0.5) is 15.8 Å². The largest absolute Gasteiger partial charge is 0.320 e. The zero-order valence-electron chi connectivity index (χ0n) is 11.4. The number of aromatic nitrogens is 1. The molecule has 0 bridgehead atoms. The van der Waals surface area contributed by atoms with Gasteiger partial charge < -0.3 is 5.32 Å². The van der Waals surface area contributed by atoms with Gasteiger partial charge in [-0.05, 0) is 38.1 Å². The van der Waals surface area contributed by atoms with E-state index in [0.717, 1.165) is 17.8 Å². The number of amides is 1. The maximum Gasteiger partial charge on any atom is 0.305 e. The Morgan fingerprint density at radius 2 is 2.00 bits per heavy atom. The Morgan fingerprint density at radius 3 is 2.62 bits per heavy atom. The number of rotatable bonds is 3. The van der Waals surface area contributed by atoms with Gasteiger partial charge in [0, 0.05) is 17.3 Å². The molecule has 1 heterocycles. The quantitative estimate of drug-likeness (QED) is 0.695. The second-order valence-electron chi connectivity index (χ2n) is 4.46. The van der Waals surface area contributed by atoms with Crippen molar-refractivity contribution in [2.75, 3.05) is 5.32 Å². The van der Waals surface area contributed by atoms with Crippen LogP contribution in [0.3, 0.4) is 0 Å². The van der Waals surface area contributed by atoms with Gasteiger partial charge in [0.2, 0.25) is 5.82 Å².